The molecule has 156 valence electrons. The van der Waals surface area contributed by atoms with Crippen molar-refractivity contribution >= 4 is 5.69 Å². The molecule has 0 fully saturated rings. The summed E-state index contributed by atoms with van der Waals surface area (Å²) in [5.41, 5.74) is -4.55. The molecule has 2 atom stereocenters. The molecule has 0 amide bonds. The van der Waals surface area contributed by atoms with Gasteiger partial charge in [0.15, 0.2) is 11.5 Å². The second-order valence-electron chi connectivity index (χ2n) is 7.93. The zero-order chi connectivity index (χ0) is 22.2. The van der Waals surface area contributed by atoms with Crippen LogP contribution in [0.1, 0.15) is 47.1 Å². The molecule has 9 nitrogen and oxygen atoms in total. The third-order valence-electron chi connectivity index (χ3n) is 4.69. The van der Waals surface area contributed by atoms with Crippen molar-refractivity contribution in [1.82, 2.24) is 0 Å². The lowest BCUT2D eigenvalue weighted by molar-refractivity contribution is -0.0254. The topological polar surface area (TPSA) is 150 Å². The SMILES string of the molecule is CC(Nc1c(O)c(=O)c1=O)C(C)(C)O.Cc1c(OC(C)C(C)(C)O)c(=O)c1=O. The van der Waals surface area contributed by atoms with E-state index in [2.05, 4.69) is 5.32 Å². The van der Waals surface area contributed by atoms with Gasteiger partial charge in [0.1, 0.15) is 11.8 Å². The lowest BCUT2D eigenvalue weighted by Crippen LogP contribution is -2.43. The van der Waals surface area contributed by atoms with E-state index in [0.717, 1.165) is 0 Å². The summed E-state index contributed by atoms with van der Waals surface area (Å²) in [6.07, 6.45) is -0.524. The molecule has 2 rings (SSSR count). The van der Waals surface area contributed by atoms with E-state index in [9.17, 15) is 29.4 Å². The van der Waals surface area contributed by atoms with E-state index in [1.165, 1.54) is 6.92 Å². The van der Waals surface area contributed by atoms with Gasteiger partial charge in [-0.15, -0.1) is 0 Å². The smallest absolute Gasteiger partial charge is 0.271 e. The largest absolute Gasteiger partial charge is 0.502 e. The number of aliphatic hydroxyl groups is 2. The number of aromatic hydroxyl groups is 1. The minimum Gasteiger partial charge on any atom is -0.502 e. The number of rotatable bonds is 6. The van der Waals surface area contributed by atoms with Crippen LogP contribution < -0.4 is 31.8 Å². The van der Waals surface area contributed by atoms with Gasteiger partial charge in [0.25, 0.3) is 16.3 Å². The van der Waals surface area contributed by atoms with Gasteiger partial charge in [0, 0.05) is 5.56 Å². The number of anilines is 1. The van der Waals surface area contributed by atoms with E-state index >= 15 is 0 Å². The zero-order valence-electron chi connectivity index (χ0n) is 17.0. The average Bonchev–Trinajstić information content (AvgIpc) is 2.60. The minimum atomic E-state index is -1.04. The highest BCUT2D eigenvalue weighted by atomic mass is 16.5. The van der Waals surface area contributed by atoms with Gasteiger partial charge in [-0.25, -0.2) is 0 Å². The summed E-state index contributed by atoms with van der Waals surface area (Å²) < 4.78 is 5.20. The molecule has 28 heavy (non-hydrogen) atoms. The first kappa shape index (κ1) is 23.5. The molecular formula is C19H27NO8. The molecule has 0 aliphatic rings. The van der Waals surface area contributed by atoms with Crippen LogP contribution in [0.2, 0.25) is 0 Å². The molecule has 0 saturated heterocycles. The molecule has 2 unspecified atom stereocenters. The highest BCUT2D eigenvalue weighted by molar-refractivity contribution is 5.61. The summed E-state index contributed by atoms with van der Waals surface area (Å²) in [4.78, 5) is 43.4. The molecule has 9 heteroatoms. The molecule has 2 aromatic rings. The lowest BCUT2D eigenvalue weighted by atomic mass is 10.00. The Hall–Kier alpha value is -2.52. The number of hydrogen-bond acceptors (Lipinski definition) is 9. The van der Waals surface area contributed by atoms with Crippen LogP contribution in [-0.4, -0.2) is 38.7 Å². The van der Waals surface area contributed by atoms with Crippen molar-refractivity contribution < 1.29 is 20.1 Å². The molecule has 0 radical (unpaired) electrons. The Bertz CT molecular complexity index is 895. The van der Waals surface area contributed by atoms with E-state index < -0.39 is 50.8 Å². The van der Waals surface area contributed by atoms with Crippen LogP contribution in [0.25, 0.3) is 0 Å². The molecule has 0 saturated carbocycles. The molecule has 0 aliphatic carbocycles. The van der Waals surface area contributed by atoms with E-state index in [-0.39, 0.29) is 11.4 Å². The number of ether oxygens (including phenoxy) is 1. The molecule has 4 N–H and O–H groups in total. The summed E-state index contributed by atoms with van der Waals surface area (Å²) in [6, 6.07) is -0.434. The number of hydrogen-bond donors (Lipinski definition) is 4. The third kappa shape index (κ3) is 4.85. The summed E-state index contributed by atoms with van der Waals surface area (Å²) in [5, 5.41) is 30.7. The Kier molecular flexibility index (Phi) is 6.59. The van der Waals surface area contributed by atoms with Crippen LogP contribution >= 0.6 is 0 Å². The van der Waals surface area contributed by atoms with Gasteiger partial charge in [0.2, 0.25) is 5.43 Å². The predicted molar refractivity (Wildman–Crippen MR) is 105 cm³/mol. The summed E-state index contributed by atoms with van der Waals surface area (Å²) >= 11 is 0. The van der Waals surface area contributed by atoms with E-state index in [0.29, 0.717) is 5.56 Å². The Morgan fingerprint density at radius 2 is 1.36 bits per heavy atom. The van der Waals surface area contributed by atoms with Gasteiger partial charge in [-0.2, -0.15) is 0 Å². The van der Waals surface area contributed by atoms with Crippen molar-refractivity contribution in [3.8, 4) is 11.5 Å². The van der Waals surface area contributed by atoms with Gasteiger partial charge >= 0.3 is 0 Å². The Morgan fingerprint density at radius 3 is 1.71 bits per heavy atom. The van der Waals surface area contributed by atoms with Crippen LogP contribution in [0.3, 0.4) is 0 Å². The first-order chi connectivity index (χ1) is 12.5. The summed E-state index contributed by atoms with van der Waals surface area (Å²) in [7, 11) is 0. The third-order valence-corrected chi connectivity index (χ3v) is 4.69. The Morgan fingerprint density at radius 1 is 0.857 bits per heavy atom. The molecule has 0 spiro atoms. The van der Waals surface area contributed by atoms with E-state index in [1.807, 2.05) is 0 Å². The molecule has 0 aliphatic heterocycles. The fourth-order valence-corrected chi connectivity index (χ4v) is 1.85. The highest BCUT2D eigenvalue weighted by Gasteiger charge is 2.29. The number of nitrogens with one attached hydrogen (secondary N) is 1. The van der Waals surface area contributed by atoms with Crippen molar-refractivity contribution in [3.63, 3.8) is 0 Å². The fraction of sp³-hybridized carbons (Fsp3) is 0.579. The Balaban J connectivity index is 0.000000280. The second-order valence-corrected chi connectivity index (χ2v) is 7.93. The maximum atomic E-state index is 11.0. The van der Waals surface area contributed by atoms with Crippen LogP contribution in [0.4, 0.5) is 5.69 Å². The van der Waals surface area contributed by atoms with Gasteiger partial charge in [0.05, 0.1) is 17.2 Å². The molecule has 2 aromatic carbocycles. The summed E-state index contributed by atoms with van der Waals surface area (Å²) in [6.45, 7) is 11.1. The molecule has 0 heterocycles. The van der Waals surface area contributed by atoms with Gasteiger partial charge < -0.3 is 25.4 Å². The minimum absolute atomic E-state index is 0.0876. The second kappa shape index (κ2) is 7.84. The van der Waals surface area contributed by atoms with Crippen molar-refractivity contribution in [2.24, 2.45) is 0 Å². The van der Waals surface area contributed by atoms with Crippen molar-refractivity contribution in [1.29, 1.82) is 0 Å². The quantitative estimate of drug-likeness (QED) is 0.481. The first-order valence-electron chi connectivity index (χ1n) is 8.70. The van der Waals surface area contributed by atoms with Crippen molar-refractivity contribution in [2.75, 3.05) is 5.32 Å². The van der Waals surface area contributed by atoms with Crippen LogP contribution in [0.15, 0.2) is 19.2 Å². The molecular weight excluding hydrogens is 370 g/mol. The molecule has 0 aromatic heterocycles. The average molecular weight is 397 g/mol. The van der Waals surface area contributed by atoms with Gasteiger partial charge in [-0.05, 0) is 48.5 Å². The summed E-state index contributed by atoms with van der Waals surface area (Å²) in [5.74, 6) is -0.462. The zero-order valence-corrected chi connectivity index (χ0v) is 17.0. The van der Waals surface area contributed by atoms with Crippen LogP contribution in [0.5, 0.6) is 11.5 Å². The Labute approximate surface area is 161 Å². The van der Waals surface area contributed by atoms with E-state index in [1.54, 1.807) is 41.5 Å². The maximum absolute atomic E-state index is 11.0. The first-order valence-corrected chi connectivity index (χ1v) is 8.70. The maximum Gasteiger partial charge on any atom is 0.271 e. The fourth-order valence-electron chi connectivity index (χ4n) is 1.85. The predicted octanol–water partition coefficient (Wildman–Crippen LogP) is -0.311. The lowest BCUT2D eigenvalue weighted by Gasteiger charge is -2.27. The van der Waals surface area contributed by atoms with E-state index in [4.69, 9.17) is 9.84 Å². The molecule has 0 bridgehead atoms. The van der Waals surface area contributed by atoms with Crippen LogP contribution in [-0.2, 0) is 0 Å². The van der Waals surface area contributed by atoms with Gasteiger partial charge in [-0.3, -0.25) is 19.2 Å². The highest BCUT2D eigenvalue weighted by Crippen LogP contribution is 2.20. The standard InChI is InChI=1S/C10H14O4.C9H13NO4/c1-5-7(11)8(12)9(5)14-6(2)10(3,4)13;1-4(9(2,3)14)10-5-6(11)8(13)7(5)12/h6,13H,1-4H3;4,10-11,14H,1-3H3. The van der Waals surface area contributed by atoms with Gasteiger partial charge in [-0.1, -0.05) is 0 Å². The normalized spacial score (nSPS) is 14.3. The van der Waals surface area contributed by atoms with Crippen molar-refractivity contribution in [2.45, 2.75) is 71.8 Å². The van der Waals surface area contributed by atoms with Crippen LogP contribution in [0, 0.1) is 6.92 Å². The van der Waals surface area contributed by atoms with Crippen molar-refractivity contribution in [3.05, 3.63) is 46.5 Å². The monoisotopic (exact) mass is 397 g/mol.